The first kappa shape index (κ1) is 18.2. The van der Waals surface area contributed by atoms with Crippen LogP contribution in [0.3, 0.4) is 0 Å². The Morgan fingerprint density at radius 2 is 2.07 bits per heavy atom. The molecule has 2 aliphatic heterocycles. The van der Waals surface area contributed by atoms with E-state index in [0.717, 1.165) is 0 Å². The SMILES string of the molecule is Cc1c(S(=O)(=O)N2CCC3(CC2)CC(Cn2ccnc2)OC3=O)cnn1C. The Hall–Kier alpha value is -2.20. The average molecular weight is 393 g/mol. The molecule has 2 aromatic heterocycles. The number of cyclic esters (lactones) is 1. The molecule has 4 rings (SSSR count). The predicted molar refractivity (Wildman–Crippen MR) is 95.1 cm³/mol. The number of ether oxygens (including phenoxy) is 1. The lowest BCUT2D eigenvalue weighted by molar-refractivity contribution is -0.150. The minimum Gasteiger partial charge on any atom is -0.460 e. The van der Waals surface area contributed by atoms with Crippen LogP contribution in [-0.2, 0) is 33.1 Å². The van der Waals surface area contributed by atoms with Crippen LogP contribution < -0.4 is 0 Å². The molecule has 4 heterocycles. The van der Waals surface area contributed by atoms with Gasteiger partial charge in [0.1, 0.15) is 11.0 Å². The molecule has 1 unspecified atom stereocenters. The van der Waals surface area contributed by atoms with Crippen molar-refractivity contribution in [3.8, 4) is 0 Å². The Kier molecular flexibility index (Phi) is 4.34. The van der Waals surface area contributed by atoms with Crippen LogP contribution in [0, 0.1) is 12.3 Å². The molecule has 0 radical (unpaired) electrons. The van der Waals surface area contributed by atoms with E-state index in [2.05, 4.69) is 10.1 Å². The summed E-state index contributed by atoms with van der Waals surface area (Å²) in [7, 11) is -1.89. The zero-order valence-electron chi connectivity index (χ0n) is 15.4. The van der Waals surface area contributed by atoms with E-state index in [1.165, 1.54) is 10.5 Å². The van der Waals surface area contributed by atoms with E-state index in [9.17, 15) is 13.2 Å². The van der Waals surface area contributed by atoms with Gasteiger partial charge in [-0.15, -0.1) is 0 Å². The van der Waals surface area contributed by atoms with Gasteiger partial charge in [0.25, 0.3) is 0 Å². The molecular weight excluding hydrogens is 370 g/mol. The van der Waals surface area contributed by atoms with Crippen molar-refractivity contribution < 1.29 is 17.9 Å². The number of carbonyl (C=O) groups is 1. The molecule has 0 amide bonds. The number of rotatable bonds is 4. The van der Waals surface area contributed by atoms with Crippen LogP contribution in [-0.4, -0.2) is 57.2 Å². The first-order valence-electron chi connectivity index (χ1n) is 8.97. The summed E-state index contributed by atoms with van der Waals surface area (Å²) in [6.07, 6.45) is 7.99. The number of aryl methyl sites for hydroxylation is 1. The quantitative estimate of drug-likeness (QED) is 0.710. The Balaban J connectivity index is 1.45. The third-order valence-corrected chi connectivity index (χ3v) is 7.79. The number of hydrogen-bond acceptors (Lipinski definition) is 6. The molecule has 0 aliphatic carbocycles. The summed E-state index contributed by atoms with van der Waals surface area (Å²) in [6.45, 7) is 2.93. The average Bonchev–Trinajstić information content (AvgIpc) is 3.32. The number of nitrogens with zero attached hydrogens (tertiary/aromatic N) is 5. The summed E-state index contributed by atoms with van der Waals surface area (Å²) < 4.78 is 36.3. The number of hydrogen-bond donors (Lipinski definition) is 0. The van der Waals surface area contributed by atoms with Gasteiger partial charge in [0.05, 0.1) is 30.2 Å². The fourth-order valence-corrected chi connectivity index (χ4v) is 5.63. The number of imidazole rings is 1. The molecule has 1 atom stereocenters. The fourth-order valence-electron chi connectivity index (χ4n) is 4.00. The number of aromatic nitrogens is 4. The van der Waals surface area contributed by atoms with Crippen molar-refractivity contribution in [2.24, 2.45) is 12.5 Å². The lowest BCUT2D eigenvalue weighted by Crippen LogP contribution is -2.45. The van der Waals surface area contributed by atoms with Gasteiger partial charge in [0.2, 0.25) is 10.0 Å². The molecule has 2 aromatic rings. The second-order valence-corrected chi connectivity index (χ2v) is 9.30. The van der Waals surface area contributed by atoms with Crippen molar-refractivity contribution in [2.45, 2.75) is 43.7 Å². The van der Waals surface area contributed by atoms with Gasteiger partial charge in [-0.25, -0.2) is 13.4 Å². The summed E-state index contributed by atoms with van der Waals surface area (Å²) in [5.74, 6) is -0.206. The van der Waals surface area contributed by atoms with E-state index in [1.54, 1.807) is 31.2 Å². The zero-order chi connectivity index (χ0) is 19.2. The van der Waals surface area contributed by atoms with Crippen LogP contribution in [0.5, 0.6) is 0 Å². The van der Waals surface area contributed by atoms with Gasteiger partial charge < -0.3 is 9.30 Å². The maximum Gasteiger partial charge on any atom is 0.312 e. The summed E-state index contributed by atoms with van der Waals surface area (Å²) >= 11 is 0. The number of esters is 1. The highest BCUT2D eigenvalue weighted by Crippen LogP contribution is 2.44. The van der Waals surface area contributed by atoms with Crippen molar-refractivity contribution in [1.82, 2.24) is 23.6 Å². The number of piperidine rings is 1. The molecule has 0 saturated carbocycles. The second-order valence-electron chi connectivity index (χ2n) is 7.39. The molecule has 27 heavy (non-hydrogen) atoms. The van der Waals surface area contributed by atoms with Crippen LogP contribution in [0.4, 0.5) is 0 Å². The third kappa shape index (κ3) is 3.06. The Morgan fingerprint density at radius 1 is 1.33 bits per heavy atom. The molecule has 0 bridgehead atoms. The van der Waals surface area contributed by atoms with Crippen molar-refractivity contribution in [3.05, 3.63) is 30.6 Å². The topological polar surface area (TPSA) is 99.3 Å². The van der Waals surface area contributed by atoms with Crippen LogP contribution in [0.25, 0.3) is 0 Å². The van der Waals surface area contributed by atoms with Crippen LogP contribution in [0.1, 0.15) is 25.0 Å². The van der Waals surface area contributed by atoms with Crippen LogP contribution >= 0.6 is 0 Å². The van der Waals surface area contributed by atoms with Gasteiger partial charge in [-0.05, 0) is 19.8 Å². The first-order chi connectivity index (χ1) is 12.8. The van der Waals surface area contributed by atoms with E-state index in [1.807, 2.05) is 10.8 Å². The van der Waals surface area contributed by atoms with Gasteiger partial charge in [-0.2, -0.15) is 9.40 Å². The standard InChI is InChI=1S/C17H23N5O4S/c1-13-15(10-19-20(13)2)27(24,25)22-6-3-17(4-7-22)9-14(26-16(17)23)11-21-8-5-18-12-21/h5,8,10,12,14H,3-4,6-7,9,11H2,1-2H3. The highest BCUT2D eigenvalue weighted by molar-refractivity contribution is 7.89. The largest absolute Gasteiger partial charge is 0.460 e. The molecule has 0 N–H and O–H groups in total. The van der Waals surface area contributed by atoms with Crippen molar-refractivity contribution in [3.63, 3.8) is 0 Å². The molecular formula is C17H23N5O4S. The van der Waals surface area contributed by atoms with Crippen molar-refractivity contribution >= 4 is 16.0 Å². The lowest BCUT2D eigenvalue weighted by atomic mass is 9.76. The van der Waals surface area contributed by atoms with Gasteiger partial charge in [0, 0.05) is 39.0 Å². The molecule has 10 heteroatoms. The second kappa shape index (κ2) is 6.45. The van der Waals surface area contributed by atoms with E-state index >= 15 is 0 Å². The Bertz CT molecular complexity index is 942. The Labute approximate surface area is 158 Å². The minimum absolute atomic E-state index is 0.199. The summed E-state index contributed by atoms with van der Waals surface area (Å²) in [6, 6.07) is 0. The molecule has 0 aromatic carbocycles. The fraction of sp³-hybridized carbons (Fsp3) is 0.588. The molecule has 2 saturated heterocycles. The number of sulfonamides is 1. The minimum atomic E-state index is -3.60. The first-order valence-corrected chi connectivity index (χ1v) is 10.4. The maximum absolute atomic E-state index is 12.9. The normalized spacial score (nSPS) is 23.0. The summed E-state index contributed by atoms with van der Waals surface area (Å²) in [5.41, 5.74) is 0.0253. The molecule has 146 valence electrons. The van der Waals surface area contributed by atoms with Crippen LogP contribution in [0.15, 0.2) is 29.8 Å². The molecule has 2 fully saturated rings. The van der Waals surface area contributed by atoms with Gasteiger partial charge >= 0.3 is 5.97 Å². The zero-order valence-corrected chi connectivity index (χ0v) is 16.2. The van der Waals surface area contributed by atoms with E-state index < -0.39 is 15.4 Å². The van der Waals surface area contributed by atoms with Gasteiger partial charge in [-0.3, -0.25) is 9.48 Å². The van der Waals surface area contributed by atoms with E-state index in [0.29, 0.717) is 44.6 Å². The molecule has 9 nitrogen and oxygen atoms in total. The smallest absolute Gasteiger partial charge is 0.312 e. The Morgan fingerprint density at radius 3 is 2.67 bits per heavy atom. The lowest BCUT2D eigenvalue weighted by Gasteiger charge is -2.35. The maximum atomic E-state index is 12.9. The monoisotopic (exact) mass is 393 g/mol. The van der Waals surface area contributed by atoms with Crippen molar-refractivity contribution in [2.75, 3.05) is 13.1 Å². The highest BCUT2D eigenvalue weighted by atomic mass is 32.2. The summed E-state index contributed by atoms with van der Waals surface area (Å²) in [5, 5.41) is 4.03. The van der Waals surface area contributed by atoms with Gasteiger partial charge in [0.15, 0.2) is 0 Å². The molecule has 1 spiro atoms. The predicted octanol–water partition coefficient (Wildman–Crippen LogP) is 0.712. The summed E-state index contributed by atoms with van der Waals surface area (Å²) in [4.78, 5) is 16.8. The highest BCUT2D eigenvalue weighted by Gasteiger charge is 2.51. The van der Waals surface area contributed by atoms with Gasteiger partial charge in [-0.1, -0.05) is 0 Å². The van der Waals surface area contributed by atoms with Crippen molar-refractivity contribution in [1.29, 1.82) is 0 Å². The van der Waals surface area contributed by atoms with E-state index in [4.69, 9.17) is 4.74 Å². The number of carbonyl (C=O) groups excluding carboxylic acids is 1. The van der Waals surface area contributed by atoms with Crippen LogP contribution in [0.2, 0.25) is 0 Å². The molecule has 2 aliphatic rings. The third-order valence-electron chi connectivity index (χ3n) is 5.79. The van der Waals surface area contributed by atoms with E-state index in [-0.39, 0.29) is 17.0 Å².